The highest BCUT2D eigenvalue weighted by Gasteiger charge is 2.51. The molecular weight excluding hydrogens is 254 g/mol. The molecule has 1 heterocycles. The van der Waals surface area contributed by atoms with Crippen LogP contribution in [0, 0.1) is 5.92 Å². The SMILES string of the molecule is CCC1CN(C)CCCN1CC(NC)(C(=O)O)C1CC1. The van der Waals surface area contributed by atoms with Crippen LogP contribution >= 0.6 is 0 Å². The summed E-state index contributed by atoms with van der Waals surface area (Å²) in [4.78, 5) is 16.6. The molecule has 1 aliphatic carbocycles. The summed E-state index contributed by atoms with van der Waals surface area (Å²) < 4.78 is 0. The zero-order valence-corrected chi connectivity index (χ0v) is 13.1. The van der Waals surface area contributed by atoms with Crippen LogP contribution in [-0.2, 0) is 4.79 Å². The number of hydrogen-bond donors (Lipinski definition) is 2. The lowest BCUT2D eigenvalue weighted by Gasteiger charge is -2.38. The van der Waals surface area contributed by atoms with Gasteiger partial charge in [-0.05, 0) is 58.8 Å². The number of rotatable bonds is 6. The minimum Gasteiger partial charge on any atom is -0.480 e. The predicted octanol–water partition coefficient (Wildman–Crippen LogP) is 0.855. The fourth-order valence-electron chi connectivity index (χ4n) is 3.55. The molecule has 2 N–H and O–H groups in total. The van der Waals surface area contributed by atoms with Crippen molar-refractivity contribution in [1.29, 1.82) is 0 Å². The van der Waals surface area contributed by atoms with Gasteiger partial charge in [-0.25, -0.2) is 0 Å². The Morgan fingerprint density at radius 1 is 1.40 bits per heavy atom. The van der Waals surface area contributed by atoms with Gasteiger partial charge in [-0.2, -0.15) is 0 Å². The zero-order valence-electron chi connectivity index (χ0n) is 13.1. The number of carboxylic acids is 1. The quantitative estimate of drug-likeness (QED) is 0.757. The van der Waals surface area contributed by atoms with Crippen molar-refractivity contribution >= 4 is 5.97 Å². The van der Waals surface area contributed by atoms with E-state index in [4.69, 9.17) is 0 Å². The first-order chi connectivity index (χ1) is 9.53. The van der Waals surface area contributed by atoms with E-state index in [-0.39, 0.29) is 0 Å². The molecule has 2 aliphatic rings. The van der Waals surface area contributed by atoms with Crippen molar-refractivity contribution in [3.63, 3.8) is 0 Å². The Morgan fingerprint density at radius 3 is 2.60 bits per heavy atom. The first-order valence-corrected chi connectivity index (χ1v) is 7.88. The average Bonchev–Trinajstić information content (AvgIpc) is 3.24. The molecule has 2 unspecified atom stereocenters. The minimum atomic E-state index is -0.754. The molecule has 5 heteroatoms. The van der Waals surface area contributed by atoms with Gasteiger partial charge in [0.1, 0.15) is 5.54 Å². The fraction of sp³-hybridized carbons (Fsp3) is 0.933. The van der Waals surface area contributed by atoms with E-state index < -0.39 is 11.5 Å². The largest absolute Gasteiger partial charge is 0.480 e. The van der Waals surface area contributed by atoms with Crippen molar-refractivity contribution in [3.05, 3.63) is 0 Å². The lowest BCUT2D eigenvalue weighted by molar-refractivity contribution is -0.147. The molecule has 2 rings (SSSR count). The first kappa shape index (κ1) is 15.7. The van der Waals surface area contributed by atoms with Crippen LogP contribution in [0.15, 0.2) is 0 Å². The Balaban J connectivity index is 2.13. The van der Waals surface area contributed by atoms with Gasteiger partial charge in [0.05, 0.1) is 0 Å². The molecule has 1 saturated heterocycles. The Labute approximate surface area is 122 Å². The molecule has 0 spiro atoms. The maximum Gasteiger partial charge on any atom is 0.325 e. The van der Waals surface area contributed by atoms with Gasteiger partial charge in [0.25, 0.3) is 0 Å². The third kappa shape index (κ3) is 3.15. The zero-order chi connectivity index (χ0) is 14.8. The molecular formula is C15H29N3O2. The Morgan fingerprint density at radius 2 is 2.10 bits per heavy atom. The maximum atomic E-state index is 11.9. The van der Waals surface area contributed by atoms with E-state index in [9.17, 15) is 9.90 Å². The Hall–Kier alpha value is -0.650. The molecule has 1 saturated carbocycles. The standard InChI is InChI=1S/C15H29N3O2/c1-4-13-10-17(3)8-5-9-18(13)11-15(16-2,14(19)20)12-6-7-12/h12-13,16H,4-11H2,1-3H3,(H,19,20). The molecule has 0 aromatic heterocycles. The monoisotopic (exact) mass is 283 g/mol. The molecule has 116 valence electrons. The fourth-order valence-corrected chi connectivity index (χ4v) is 3.55. The van der Waals surface area contributed by atoms with Crippen LogP contribution < -0.4 is 5.32 Å². The van der Waals surface area contributed by atoms with Crippen molar-refractivity contribution in [2.45, 2.75) is 44.2 Å². The van der Waals surface area contributed by atoms with Crippen LogP contribution in [0.5, 0.6) is 0 Å². The minimum absolute atomic E-state index is 0.295. The molecule has 0 aromatic rings. The van der Waals surface area contributed by atoms with Gasteiger partial charge < -0.3 is 15.3 Å². The van der Waals surface area contributed by atoms with Gasteiger partial charge in [0, 0.05) is 19.1 Å². The van der Waals surface area contributed by atoms with E-state index in [1.807, 2.05) is 0 Å². The van der Waals surface area contributed by atoms with Crippen molar-refractivity contribution in [2.75, 3.05) is 40.3 Å². The van der Waals surface area contributed by atoms with Gasteiger partial charge in [-0.15, -0.1) is 0 Å². The molecule has 2 fully saturated rings. The van der Waals surface area contributed by atoms with E-state index in [0.717, 1.165) is 45.3 Å². The van der Waals surface area contributed by atoms with E-state index >= 15 is 0 Å². The molecule has 0 aromatic carbocycles. The topological polar surface area (TPSA) is 55.8 Å². The predicted molar refractivity (Wildman–Crippen MR) is 79.9 cm³/mol. The molecule has 2 atom stereocenters. The summed E-state index contributed by atoms with van der Waals surface area (Å²) in [5.41, 5.74) is -0.754. The third-order valence-electron chi connectivity index (χ3n) is 5.05. The highest BCUT2D eigenvalue weighted by molar-refractivity contribution is 5.80. The molecule has 0 radical (unpaired) electrons. The lowest BCUT2D eigenvalue weighted by atomic mass is 9.91. The van der Waals surface area contributed by atoms with Gasteiger partial charge in [0.2, 0.25) is 0 Å². The summed E-state index contributed by atoms with van der Waals surface area (Å²) in [6.45, 7) is 5.99. The van der Waals surface area contributed by atoms with Crippen LogP contribution in [0.2, 0.25) is 0 Å². The second-order valence-corrected chi connectivity index (χ2v) is 6.45. The number of carbonyl (C=O) groups is 1. The molecule has 20 heavy (non-hydrogen) atoms. The normalized spacial score (nSPS) is 28.9. The number of nitrogens with one attached hydrogen (secondary N) is 1. The van der Waals surface area contributed by atoms with Crippen molar-refractivity contribution in [3.8, 4) is 0 Å². The smallest absolute Gasteiger partial charge is 0.325 e. The van der Waals surface area contributed by atoms with Crippen LogP contribution in [-0.4, -0.2) is 72.7 Å². The second kappa shape index (κ2) is 6.41. The van der Waals surface area contributed by atoms with Crippen LogP contribution in [0.1, 0.15) is 32.6 Å². The van der Waals surface area contributed by atoms with Crippen molar-refractivity contribution in [2.24, 2.45) is 5.92 Å². The number of hydrogen-bond acceptors (Lipinski definition) is 4. The molecule has 0 amide bonds. The first-order valence-electron chi connectivity index (χ1n) is 7.88. The molecule has 0 bridgehead atoms. The number of likely N-dealkylation sites (N-methyl/N-ethyl adjacent to an activating group) is 2. The number of nitrogens with zero attached hydrogens (tertiary/aromatic N) is 2. The number of carboxylic acid groups (broad SMARTS) is 1. The van der Waals surface area contributed by atoms with E-state index in [1.165, 1.54) is 0 Å². The van der Waals surface area contributed by atoms with E-state index in [1.54, 1.807) is 7.05 Å². The number of aliphatic carboxylic acids is 1. The van der Waals surface area contributed by atoms with Crippen LogP contribution in [0.3, 0.4) is 0 Å². The van der Waals surface area contributed by atoms with E-state index in [0.29, 0.717) is 18.5 Å². The van der Waals surface area contributed by atoms with Gasteiger partial charge >= 0.3 is 5.97 Å². The van der Waals surface area contributed by atoms with Crippen molar-refractivity contribution < 1.29 is 9.90 Å². The van der Waals surface area contributed by atoms with E-state index in [2.05, 4.69) is 29.1 Å². The highest BCUT2D eigenvalue weighted by Crippen LogP contribution is 2.40. The summed E-state index contributed by atoms with van der Waals surface area (Å²) >= 11 is 0. The molecule has 5 nitrogen and oxygen atoms in total. The summed E-state index contributed by atoms with van der Waals surface area (Å²) in [5, 5.41) is 12.9. The van der Waals surface area contributed by atoms with Gasteiger partial charge in [-0.3, -0.25) is 9.69 Å². The average molecular weight is 283 g/mol. The lowest BCUT2D eigenvalue weighted by Crippen LogP contribution is -2.61. The third-order valence-corrected chi connectivity index (χ3v) is 5.05. The van der Waals surface area contributed by atoms with Gasteiger partial charge in [0.15, 0.2) is 0 Å². The summed E-state index contributed by atoms with van der Waals surface area (Å²) in [7, 11) is 3.97. The summed E-state index contributed by atoms with van der Waals surface area (Å²) in [6.07, 6.45) is 4.28. The highest BCUT2D eigenvalue weighted by atomic mass is 16.4. The Kier molecular flexibility index (Phi) is 5.04. The second-order valence-electron chi connectivity index (χ2n) is 6.45. The van der Waals surface area contributed by atoms with Crippen LogP contribution in [0.25, 0.3) is 0 Å². The van der Waals surface area contributed by atoms with Gasteiger partial charge in [-0.1, -0.05) is 6.92 Å². The Bertz CT molecular complexity index is 346. The van der Waals surface area contributed by atoms with Crippen LogP contribution in [0.4, 0.5) is 0 Å². The summed E-state index contributed by atoms with van der Waals surface area (Å²) in [6, 6.07) is 0.466. The summed E-state index contributed by atoms with van der Waals surface area (Å²) in [5.74, 6) is -0.390. The maximum absolute atomic E-state index is 11.9. The van der Waals surface area contributed by atoms with Crippen molar-refractivity contribution in [1.82, 2.24) is 15.1 Å². The molecule has 1 aliphatic heterocycles.